The molecule has 4 heterocycles. The number of halogens is 3. The van der Waals surface area contributed by atoms with E-state index in [1.807, 2.05) is 11.6 Å². The Labute approximate surface area is 217 Å². The van der Waals surface area contributed by atoms with Crippen LogP contribution in [0.2, 0.25) is 6.82 Å². The van der Waals surface area contributed by atoms with Gasteiger partial charge in [-0.15, -0.1) is 21.5 Å². The SMILES string of the molecule is C[B]c1ccc(C2CCN(CCCSc3nnc(-c4cc5c(C(F)(F)F)nn(C)c5s4)n3C)C2)cc1. The Kier molecular flexibility index (Phi) is 7.19. The Bertz CT molecular complexity index is 1340. The molecule has 0 N–H and O–H groups in total. The van der Waals surface area contributed by atoms with Crippen molar-refractivity contribution in [2.75, 3.05) is 25.4 Å². The summed E-state index contributed by atoms with van der Waals surface area (Å²) in [6.45, 7) is 5.31. The molecule has 1 unspecified atom stereocenters. The summed E-state index contributed by atoms with van der Waals surface area (Å²) in [6, 6.07) is 10.4. The fourth-order valence-electron chi connectivity index (χ4n) is 4.74. The van der Waals surface area contributed by atoms with E-state index in [-0.39, 0.29) is 5.39 Å². The van der Waals surface area contributed by atoms with Crippen molar-refractivity contribution in [2.24, 2.45) is 14.1 Å². The van der Waals surface area contributed by atoms with Gasteiger partial charge in [-0.1, -0.05) is 48.3 Å². The van der Waals surface area contributed by atoms with E-state index in [0.717, 1.165) is 37.0 Å². The van der Waals surface area contributed by atoms with Crippen molar-refractivity contribution in [1.82, 2.24) is 29.4 Å². The fraction of sp³-hybridized carbons (Fsp3) is 0.458. The molecule has 0 aliphatic carbocycles. The zero-order valence-electron chi connectivity index (χ0n) is 20.4. The number of alkyl halides is 3. The maximum atomic E-state index is 13.3. The van der Waals surface area contributed by atoms with E-state index >= 15 is 0 Å². The number of hydrogen-bond acceptors (Lipinski definition) is 6. The fourth-order valence-corrected chi connectivity index (χ4v) is 6.66. The summed E-state index contributed by atoms with van der Waals surface area (Å²) in [6.07, 6.45) is -2.27. The van der Waals surface area contributed by atoms with Gasteiger partial charge < -0.3 is 9.47 Å². The Morgan fingerprint density at radius 1 is 1.17 bits per heavy atom. The van der Waals surface area contributed by atoms with Crippen LogP contribution in [-0.4, -0.2) is 62.1 Å². The molecule has 1 aliphatic heterocycles. The largest absolute Gasteiger partial charge is 0.435 e. The smallest absolute Gasteiger partial charge is 0.304 e. The lowest BCUT2D eigenvalue weighted by atomic mass is 9.73. The van der Waals surface area contributed by atoms with Crippen molar-refractivity contribution in [3.05, 3.63) is 41.6 Å². The van der Waals surface area contributed by atoms with Gasteiger partial charge in [0, 0.05) is 31.8 Å². The molecule has 3 aromatic heterocycles. The van der Waals surface area contributed by atoms with Crippen molar-refractivity contribution in [2.45, 2.75) is 36.9 Å². The van der Waals surface area contributed by atoms with E-state index in [4.69, 9.17) is 0 Å². The average Bonchev–Trinajstić information content (AvgIpc) is 3.62. The van der Waals surface area contributed by atoms with E-state index in [1.54, 1.807) is 11.8 Å². The summed E-state index contributed by atoms with van der Waals surface area (Å²) in [5, 5.41) is 13.1. The van der Waals surface area contributed by atoms with Crippen LogP contribution in [0.1, 0.15) is 30.0 Å². The Balaban J connectivity index is 1.16. The van der Waals surface area contributed by atoms with Crippen LogP contribution < -0.4 is 5.46 Å². The standard InChI is InChI=1S/C24H27BF3N6S2/c1-25-17-7-5-15(6-8-17)16-9-11-34(14-16)10-4-12-35-23-30-29-21(32(23)2)19-13-18-20(24(26,27)28)31-33(3)22(18)36-19/h5-8,13,16H,4,9-12,14H2,1-3H3. The van der Waals surface area contributed by atoms with E-state index < -0.39 is 11.9 Å². The first-order valence-electron chi connectivity index (χ1n) is 11.9. The van der Waals surface area contributed by atoms with Gasteiger partial charge in [0.1, 0.15) is 12.1 Å². The third-order valence-corrected chi connectivity index (χ3v) is 9.00. The predicted molar refractivity (Wildman–Crippen MR) is 140 cm³/mol. The van der Waals surface area contributed by atoms with Gasteiger partial charge >= 0.3 is 6.18 Å². The second-order valence-corrected chi connectivity index (χ2v) is 11.2. The van der Waals surface area contributed by atoms with Crippen LogP contribution >= 0.6 is 23.1 Å². The van der Waals surface area contributed by atoms with Gasteiger partial charge in [-0.05, 0) is 43.5 Å². The molecule has 1 aromatic carbocycles. The molecule has 0 bridgehead atoms. The Hall–Kier alpha value is -2.31. The predicted octanol–water partition coefficient (Wildman–Crippen LogP) is 4.80. The van der Waals surface area contributed by atoms with E-state index in [0.29, 0.717) is 21.4 Å². The third-order valence-electron chi connectivity index (χ3n) is 6.70. The van der Waals surface area contributed by atoms with Gasteiger partial charge in [-0.2, -0.15) is 18.3 Å². The number of rotatable bonds is 8. The summed E-state index contributed by atoms with van der Waals surface area (Å²) in [5.74, 6) is 2.07. The van der Waals surface area contributed by atoms with E-state index in [9.17, 15) is 13.2 Å². The number of aromatic nitrogens is 5. The van der Waals surface area contributed by atoms with E-state index in [1.165, 1.54) is 46.6 Å². The maximum absolute atomic E-state index is 13.3. The molecule has 1 radical (unpaired) electrons. The number of fused-ring (bicyclic) bond motifs is 1. The van der Waals surface area contributed by atoms with Crippen molar-refractivity contribution >= 4 is 46.1 Å². The number of likely N-dealkylation sites (tertiary alicyclic amines) is 1. The highest BCUT2D eigenvalue weighted by molar-refractivity contribution is 7.99. The van der Waals surface area contributed by atoms with Gasteiger partial charge in [0.15, 0.2) is 16.7 Å². The number of nitrogens with zero attached hydrogens (tertiary/aromatic N) is 6. The molecular formula is C24H27BF3N6S2. The lowest BCUT2D eigenvalue weighted by Gasteiger charge is -2.16. The molecule has 5 rings (SSSR count). The molecule has 1 atom stereocenters. The molecule has 0 saturated carbocycles. The van der Waals surface area contributed by atoms with Crippen LogP contribution in [0.4, 0.5) is 13.2 Å². The van der Waals surface area contributed by atoms with Crippen LogP contribution in [0.5, 0.6) is 0 Å². The second kappa shape index (κ2) is 10.2. The zero-order valence-corrected chi connectivity index (χ0v) is 22.1. The number of thioether (sulfide) groups is 1. The summed E-state index contributed by atoms with van der Waals surface area (Å²) in [7, 11) is 5.50. The molecule has 0 amide bonds. The Morgan fingerprint density at radius 2 is 1.94 bits per heavy atom. The number of benzene rings is 1. The normalized spacial score (nSPS) is 16.9. The molecule has 36 heavy (non-hydrogen) atoms. The van der Waals surface area contributed by atoms with Crippen LogP contribution in [0.3, 0.4) is 0 Å². The van der Waals surface area contributed by atoms with Crippen molar-refractivity contribution < 1.29 is 13.2 Å². The van der Waals surface area contributed by atoms with Crippen LogP contribution in [-0.2, 0) is 20.3 Å². The minimum Gasteiger partial charge on any atom is -0.304 e. The maximum Gasteiger partial charge on any atom is 0.435 e. The molecule has 1 saturated heterocycles. The van der Waals surface area contributed by atoms with Gasteiger partial charge in [0.2, 0.25) is 0 Å². The van der Waals surface area contributed by atoms with Crippen molar-refractivity contribution in [3.8, 4) is 10.7 Å². The summed E-state index contributed by atoms with van der Waals surface area (Å²) in [4.78, 5) is 3.65. The molecule has 189 valence electrons. The Morgan fingerprint density at radius 3 is 2.67 bits per heavy atom. The molecule has 4 aromatic rings. The van der Waals surface area contributed by atoms with Crippen molar-refractivity contribution in [3.63, 3.8) is 0 Å². The van der Waals surface area contributed by atoms with Crippen molar-refractivity contribution in [1.29, 1.82) is 0 Å². The zero-order chi connectivity index (χ0) is 25.4. The van der Waals surface area contributed by atoms with Gasteiger partial charge in [0.25, 0.3) is 0 Å². The molecular weight excluding hydrogens is 504 g/mol. The first kappa shape index (κ1) is 25.3. The quantitative estimate of drug-likeness (QED) is 0.186. The highest BCUT2D eigenvalue weighted by atomic mass is 32.2. The van der Waals surface area contributed by atoms with E-state index in [2.05, 4.69) is 58.6 Å². The number of hydrogen-bond donors (Lipinski definition) is 0. The first-order chi connectivity index (χ1) is 17.2. The van der Waals surface area contributed by atoms with Gasteiger partial charge in [0.05, 0.1) is 4.88 Å². The summed E-state index contributed by atoms with van der Waals surface area (Å²) >= 11 is 2.88. The van der Waals surface area contributed by atoms with Gasteiger partial charge in [-0.25, -0.2) is 0 Å². The lowest BCUT2D eigenvalue weighted by molar-refractivity contribution is -0.140. The minimum absolute atomic E-state index is 0.103. The molecule has 12 heteroatoms. The molecule has 1 aliphatic rings. The van der Waals surface area contributed by atoms with Crippen LogP contribution in [0, 0.1) is 0 Å². The highest BCUT2D eigenvalue weighted by Crippen LogP contribution is 2.40. The van der Waals surface area contributed by atoms with Crippen LogP contribution in [0.15, 0.2) is 35.5 Å². The number of aryl methyl sites for hydroxylation is 1. The summed E-state index contributed by atoms with van der Waals surface area (Å²) < 4.78 is 43.1. The highest BCUT2D eigenvalue weighted by Gasteiger charge is 2.37. The average molecular weight is 531 g/mol. The summed E-state index contributed by atoms with van der Waals surface area (Å²) in [5.41, 5.74) is 1.82. The number of thiophene rings is 1. The minimum atomic E-state index is -4.49. The first-order valence-corrected chi connectivity index (χ1v) is 13.7. The topological polar surface area (TPSA) is 51.8 Å². The third kappa shape index (κ3) is 5.08. The van der Waals surface area contributed by atoms with Gasteiger partial charge in [-0.3, -0.25) is 4.68 Å². The second-order valence-electron chi connectivity index (χ2n) is 9.11. The monoisotopic (exact) mass is 531 g/mol. The van der Waals surface area contributed by atoms with Crippen LogP contribution in [0.25, 0.3) is 20.9 Å². The molecule has 6 nitrogen and oxygen atoms in total. The molecule has 1 fully saturated rings. The molecule has 0 spiro atoms. The lowest BCUT2D eigenvalue weighted by Crippen LogP contribution is -2.22.